The van der Waals surface area contributed by atoms with Crippen LogP contribution in [0.3, 0.4) is 0 Å². The molecular formula is C30H32Cl2N2O4. The van der Waals surface area contributed by atoms with E-state index in [2.05, 4.69) is 5.32 Å². The molecule has 2 amide bonds. The highest BCUT2D eigenvalue weighted by Crippen LogP contribution is 2.31. The maximum atomic E-state index is 13.8. The molecule has 1 N–H and O–H groups in total. The highest BCUT2D eigenvalue weighted by Gasteiger charge is 2.30. The normalized spacial score (nSPS) is 13.2. The summed E-state index contributed by atoms with van der Waals surface area (Å²) in [6.45, 7) is 5.06. The highest BCUT2D eigenvalue weighted by molar-refractivity contribution is 6.42. The van der Waals surface area contributed by atoms with E-state index in [9.17, 15) is 9.59 Å². The fraction of sp³-hybridized carbons (Fsp3) is 0.333. The van der Waals surface area contributed by atoms with E-state index in [4.69, 9.17) is 32.7 Å². The molecule has 4 rings (SSSR count). The lowest BCUT2D eigenvalue weighted by Gasteiger charge is -2.32. The molecule has 1 aliphatic heterocycles. The van der Waals surface area contributed by atoms with Gasteiger partial charge in [-0.1, -0.05) is 65.7 Å². The van der Waals surface area contributed by atoms with E-state index < -0.39 is 6.04 Å². The fourth-order valence-electron chi connectivity index (χ4n) is 4.41. The number of nitrogens with zero attached hydrogens (tertiary/aromatic N) is 1. The Balaban J connectivity index is 1.61. The molecule has 0 spiro atoms. The predicted molar refractivity (Wildman–Crippen MR) is 150 cm³/mol. The molecule has 0 aromatic heterocycles. The van der Waals surface area contributed by atoms with Crippen molar-refractivity contribution >= 4 is 35.0 Å². The van der Waals surface area contributed by atoms with E-state index in [-0.39, 0.29) is 30.8 Å². The van der Waals surface area contributed by atoms with Gasteiger partial charge in [0.25, 0.3) is 0 Å². The molecule has 0 fully saturated rings. The Labute approximate surface area is 233 Å². The van der Waals surface area contributed by atoms with Crippen LogP contribution in [0, 0.1) is 0 Å². The van der Waals surface area contributed by atoms with Crippen molar-refractivity contribution in [3.63, 3.8) is 0 Å². The van der Waals surface area contributed by atoms with Crippen LogP contribution in [0.25, 0.3) is 0 Å². The van der Waals surface area contributed by atoms with E-state index in [0.29, 0.717) is 47.6 Å². The molecule has 3 aromatic rings. The zero-order chi connectivity index (χ0) is 27.1. The molecule has 200 valence electrons. The zero-order valence-corrected chi connectivity index (χ0v) is 23.1. The lowest BCUT2D eigenvalue weighted by molar-refractivity contribution is -0.141. The van der Waals surface area contributed by atoms with Crippen molar-refractivity contribution in [3.05, 3.63) is 93.5 Å². The summed E-state index contributed by atoms with van der Waals surface area (Å²) in [6, 6.07) is 19.9. The molecule has 1 heterocycles. The number of ether oxygens (including phenoxy) is 2. The van der Waals surface area contributed by atoms with Crippen molar-refractivity contribution in [1.29, 1.82) is 0 Å². The van der Waals surface area contributed by atoms with E-state index in [1.54, 1.807) is 17.0 Å². The van der Waals surface area contributed by atoms with Gasteiger partial charge in [-0.2, -0.15) is 0 Å². The lowest BCUT2D eigenvalue weighted by atomic mass is 10.0. The lowest BCUT2D eigenvalue weighted by Crippen LogP contribution is -2.51. The molecule has 1 atom stereocenters. The number of amides is 2. The van der Waals surface area contributed by atoms with Crippen molar-refractivity contribution in [2.24, 2.45) is 0 Å². The Morgan fingerprint density at radius 1 is 0.868 bits per heavy atom. The minimum absolute atomic E-state index is 0.0691. The molecule has 0 saturated heterocycles. The van der Waals surface area contributed by atoms with Crippen LogP contribution in [0.4, 0.5) is 0 Å². The maximum absolute atomic E-state index is 13.8. The summed E-state index contributed by atoms with van der Waals surface area (Å²) in [4.78, 5) is 28.9. The smallest absolute Gasteiger partial charge is 0.243 e. The average molecular weight is 556 g/mol. The first-order valence-corrected chi connectivity index (χ1v) is 13.5. The topological polar surface area (TPSA) is 67.9 Å². The Hall–Kier alpha value is -3.22. The zero-order valence-electron chi connectivity index (χ0n) is 21.6. The monoisotopic (exact) mass is 554 g/mol. The van der Waals surface area contributed by atoms with Crippen LogP contribution in [0.15, 0.2) is 66.7 Å². The molecular weight excluding hydrogens is 523 g/mol. The number of aryl methyl sites for hydroxylation is 1. The first-order valence-electron chi connectivity index (χ1n) is 12.8. The van der Waals surface area contributed by atoms with Crippen LogP contribution in [-0.2, 0) is 29.0 Å². The SMILES string of the molecule is CC(C)NC(=O)[C@H](Cc1ccccc1)N(Cc1ccc(Cl)c(Cl)c1)C(=O)CCc1ccc2c(c1)OCCO2. The summed E-state index contributed by atoms with van der Waals surface area (Å²) in [6.07, 6.45) is 1.11. The standard InChI is InChI=1S/C30H32Cl2N2O4/c1-20(2)33-30(36)26(17-21-6-4-3-5-7-21)34(19-23-8-11-24(31)25(32)16-23)29(35)13-10-22-9-12-27-28(18-22)38-15-14-37-27/h3-9,11-12,16,18,20,26H,10,13-15,17,19H2,1-2H3,(H,33,36)/t26-/m0/s1. The second-order valence-corrected chi connectivity index (χ2v) is 10.4. The first kappa shape index (κ1) is 27.8. The van der Waals surface area contributed by atoms with Crippen LogP contribution in [-0.4, -0.2) is 42.0 Å². The number of rotatable bonds is 10. The summed E-state index contributed by atoms with van der Waals surface area (Å²) >= 11 is 12.4. The Morgan fingerprint density at radius 3 is 2.29 bits per heavy atom. The third-order valence-corrected chi connectivity index (χ3v) is 7.01. The van der Waals surface area contributed by atoms with Gasteiger partial charge >= 0.3 is 0 Å². The van der Waals surface area contributed by atoms with E-state index >= 15 is 0 Å². The average Bonchev–Trinajstić information content (AvgIpc) is 2.91. The van der Waals surface area contributed by atoms with Gasteiger partial charge in [0.2, 0.25) is 11.8 Å². The van der Waals surface area contributed by atoms with Gasteiger partial charge < -0.3 is 19.7 Å². The first-order chi connectivity index (χ1) is 18.3. The van der Waals surface area contributed by atoms with Crippen molar-refractivity contribution in [2.45, 2.75) is 51.7 Å². The van der Waals surface area contributed by atoms with Gasteiger partial charge in [-0.25, -0.2) is 0 Å². The number of carbonyl (C=O) groups is 2. The summed E-state index contributed by atoms with van der Waals surface area (Å²) < 4.78 is 11.3. The molecule has 38 heavy (non-hydrogen) atoms. The van der Waals surface area contributed by atoms with Crippen LogP contribution >= 0.6 is 23.2 Å². The van der Waals surface area contributed by atoms with Gasteiger partial charge in [-0.15, -0.1) is 0 Å². The molecule has 0 aliphatic carbocycles. The van der Waals surface area contributed by atoms with Gasteiger partial charge in [-0.3, -0.25) is 9.59 Å². The number of carbonyl (C=O) groups excluding carboxylic acids is 2. The third-order valence-electron chi connectivity index (χ3n) is 6.27. The molecule has 3 aromatic carbocycles. The molecule has 6 nitrogen and oxygen atoms in total. The minimum atomic E-state index is -0.706. The van der Waals surface area contributed by atoms with E-state index in [0.717, 1.165) is 16.7 Å². The molecule has 0 saturated carbocycles. The molecule has 0 unspecified atom stereocenters. The Bertz CT molecular complexity index is 1270. The van der Waals surface area contributed by atoms with E-state index in [1.807, 2.05) is 68.4 Å². The number of halogens is 2. The summed E-state index contributed by atoms with van der Waals surface area (Å²) in [7, 11) is 0. The second kappa shape index (κ2) is 13.0. The number of hydrogen-bond acceptors (Lipinski definition) is 4. The van der Waals surface area contributed by atoms with Crippen LogP contribution in [0.2, 0.25) is 10.0 Å². The van der Waals surface area contributed by atoms with Gasteiger partial charge in [0.1, 0.15) is 19.3 Å². The van der Waals surface area contributed by atoms with Crippen molar-refractivity contribution < 1.29 is 19.1 Å². The summed E-state index contributed by atoms with van der Waals surface area (Å²) in [5.41, 5.74) is 2.72. The van der Waals surface area contributed by atoms with Gasteiger partial charge in [0.05, 0.1) is 10.0 Å². The molecule has 8 heteroatoms. The quantitative estimate of drug-likeness (QED) is 0.340. The number of hydrogen-bond donors (Lipinski definition) is 1. The second-order valence-electron chi connectivity index (χ2n) is 9.62. The minimum Gasteiger partial charge on any atom is -0.486 e. The molecule has 0 radical (unpaired) electrons. The predicted octanol–water partition coefficient (Wildman–Crippen LogP) is 5.86. The third kappa shape index (κ3) is 7.42. The Kier molecular flexibility index (Phi) is 9.53. The maximum Gasteiger partial charge on any atom is 0.243 e. The molecule has 1 aliphatic rings. The van der Waals surface area contributed by atoms with Crippen LogP contribution in [0.1, 0.15) is 37.0 Å². The van der Waals surface area contributed by atoms with Crippen LogP contribution in [0.5, 0.6) is 11.5 Å². The number of benzene rings is 3. The Morgan fingerprint density at radius 2 is 1.58 bits per heavy atom. The fourth-order valence-corrected chi connectivity index (χ4v) is 4.73. The summed E-state index contributed by atoms with van der Waals surface area (Å²) in [5.74, 6) is 1.07. The van der Waals surface area contributed by atoms with Crippen molar-refractivity contribution in [1.82, 2.24) is 10.2 Å². The van der Waals surface area contributed by atoms with Crippen LogP contribution < -0.4 is 14.8 Å². The number of fused-ring (bicyclic) bond motifs is 1. The summed E-state index contributed by atoms with van der Waals surface area (Å²) in [5, 5.41) is 3.84. The van der Waals surface area contributed by atoms with Gasteiger partial charge in [-0.05, 0) is 61.2 Å². The highest BCUT2D eigenvalue weighted by atomic mass is 35.5. The van der Waals surface area contributed by atoms with Crippen molar-refractivity contribution in [3.8, 4) is 11.5 Å². The number of nitrogens with one attached hydrogen (secondary N) is 1. The molecule has 0 bridgehead atoms. The largest absolute Gasteiger partial charge is 0.486 e. The van der Waals surface area contributed by atoms with Gasteiger partial charge in [0, 0.05) is 25.4 Å². The van der Waals surface area contributed by atoms with Crippen molar-refractivity contribution in [2.75, 3.05) is 13.2 Å². The van der Waals surface area contributed by atoms with E-state index in [1.165, 1.54) is 0 Å². The van der Waals surface area contributed by atoms with Gasteiger partial charge in [0.15, 0.2) is 11.5 Å².